The second-order valence-corrected chi connectivity index (χ2v) is 8.25. The van der Waals surface area contributed by atoms with Crippen LogP contribution in [0, 0.1) is 0 Å². The molecule has 0 radical (unpaired) electrons. The molecule has 0 aliphatic rings. The van der Waals surface area contributed by atoms with E-state index < -0.39 is 5.97 Å². The Morgan fingerprint density at radius 1 is 0.970 bits per heavy atom. The summed E-state index contributed by atoms with van der Waals surface area (Å²) in [5.74, 6) is -1.08. The van der Waals surface area contributed by atoms with Gasteiger partial charge in [0.1, 0.15) is 12.4 Å². The van der Waals surface area contributed by atoms with E-state index in [0.29, 0.717) is 36.8 Å². The number of benzene rings is 2. The van der Waals surface area contributed by atoms with Crippen molar-refractivity contribution in [2.75, 3.05) is 6.61 Å². The third-order valence-corrected chi connectivity index (χ3v) is 5.03. The third kappa shape index (κ3) is 9.60. The quantitative estimate of drug-likeness (QED) is 0.263. The zero-order chi connectivity index (χ0) is 24.2. The van der Waals surface area contributed by atoms with Crippen molar-refractivity contribution in [1.82, 2.24) is 0 Å². The van der Waals surface area contributed by atoms with Crippen molar-refractivity contribution in [3.63, 3.8) is 0 Å². The van der Waals surface area contributed by atoms with Gasteiger partial charge < -0.3 is 14.9 Å². The van der Waals surface area contributed by atoms with Crippen LogP contribution in [0.3, 0.4) is 0 Å². The monoisotopic (exact) mass is 448 g/mol. The number of phenolic OH excluding ortho intramolecular Hbond substituents is 1. The first-order valence-electron chi connectivity index (χ1n) is 11.0. The number of carbonyl (C=O) groups is 2. The summed E-state index contributed by atoms with van der Waals surface area (Å²) >= 11 is 0. The molecule has 0 unspecified atom stereocenters. The predicted molar refractivity (Wildman–Crippen MR) is 131 cm³/mol. The summed E-state index contributed by atoms with van der Waals surface area (Å²) in [6.07, 6.45) is 8.48. The van der Waals surface area contributed by atoms with E-state index in [-0.39, 0.29) is 18.3 Å². The Balaban J connectivity index is 2.03. The molecule has 33 heavy (non-hydrogen) atoms. The number of aliphatic carboxylic acids is 1. The van der Waals surface area contributed by atoms with Crippen LogP contribution in [0.15, 0.2) is 71.8 Å². The van der Waals surface area contributed by atoms with Gasteiger partial charge in [-0.3, -0.25) is 4.79 Å². The van der Waals surface area contributed by atoms with E-state index in [2.05, 4.69) is 0 Å². The van der Waals surface area contributed by atoms with Crippen LogP contribution in [-0.4, -0.2) is 28.8 Å². The van der Waals surface area contributed by atoms with E-state index in [4.69, 9.17) is 9.84 Å². The number of esters is 1. The average molecular weight is 449 g/mol. The minimum atomic E-state index is -1.03. The summed E-state index contributed by atoms with van der Waals surface area (Å²) in [5, 5.41) is 19.7. The SMILES string of the molecule is CC(C)=CCc1cc(C=CC(=O)O)cc(CC=C(C)COC(=O)CCc2ccccc2)c1O. The molecule has 0 saturated carbocycles. The van der Waals surface area contributed by atoms with Gasteiger partial charge in [0.25, 0.3) is 0 Å². The van der Waals surface area contributed by atoms with Crippen molar-refractivity contribution in [1.29, 1.82) is 0 Å². The Morgan fingerprint density at radius 2 is 1.61 bits per heavy atom. The predicted octanol–water partition coefficient (Wildman–Crippen LogP) is 5.66. The summed E-state index contributed by atoms with van der Waals surface area (Å²) < 4.78 is 5.37. The maximum Gasteiger partial charge on any atom is 0.328 e. The van der Waals surface area contributed by atoms with Crippen LogP contribution in [0.5, 0.6) is 5.75 Å². The molecule has 2 N–H and O–H groups in total. The third-order valence-electron chi connectivity index (χ3n) is 5.03. The highest BCUT2D eigenvalue weighted by molar-refractivity contribution is 5.85. The number of hydrogen-bond donors (Lipinski definition) is 2. The minimum Gasteiger partial charge on any atom is -0.507 e. The molecule has 174 valence electrons. The van der Waals surface area contributed by atoms with Crippen molar-refractivity contribution in [3.05, 3.63) is 94.1 Å². The fourth-order valence-corrected chi connectivity index (χ4v) is 3.18. The molecule has 0 aliphatic carbocycles. The fourth-order valence-electron chi connectivity index (χ4n) is 3.18. The number of hydrogen-bond acceptors (Lipinski definition) is 4. The Kier molecular flexibility index (Phi) is 10.2. The van der Waals surface area contributed by atoms with Gasteiger partial charge in [-0.15, -0.1) is 0 Å². The maximum atomic E-state index is 12.0. The van der Waals surface area contributed by atoms with Crippen LogP contribution in [0.4, 0.5) is 0 Å². The van der Waals surface area contributed by atoms with E-state index in [1.54, 1.807) is 12.1 Å². The number of aryl methyl sites for hydroxylation is 1. The highest BCUT2D eigenvalue weighted by Gasteiger charge is 2.09. The smallest absolute Gasteiger partial charge is 0.328 e. The van der Waals surface area contributed by atoms with Crippen LogP contribution in [0.1, 0.15) is 49.4 Å². The molecule has 5 heteroatoms. The van der Waals surface area contributed by atoms with E-state index in [1.165, 1.54) is 6.08 Å². The molecule has 2 rings (SSSR count). The number of aromatic hydroxyl groups is 1. The van der Waals surface area contributed by atoms with E-state index in [0.717, 1.165) is 28.3 Å². The minimum absolute atomic E-state index is 0.192. The number of ether oxygens (including phenoxy) is 1. The van der Waals surface area contributed by atoms with Crippen LogP contribution in [0.2, 0.25) is 0 Å². The fraction of sp³-hybridized carbons (Fsp3) is 0.286. The molecule has 0 atom stereocenters. The lowest BCUT2D eigenvalue weighted by atomic mass is 9.98. The topological polar surface area (TPSA) is 83.8 Å². The number of carboxylic acid groups (broad SMARTS) is 1. The molecule has 0 bridgehead atoms. The number of rotatable bonds is 11. The Morgan fingerprint density at radius 3 is 2.21 bits per heavy atom. The van der Waals surface area contributed by atoms with Gasteiger partial charge >= 0.3 is 11.9 Å². The Labute approximate surface area is 195 Å². The van der Waals surface area contributed by atoms with E-state index in [1.807, 2.05) is 63.3 Å². The molecule has 0 saturated heterocycles. The summed E-state index contributed by atoms with van der Waals surface area (Å²) in [7, 11) is 0. The molecule has 2 aromatic rings. The molecule has 0 amide bonds. The van der Waals surface area contributed by atoms with Gasteiger partial charge in [0, 0.05) is 12.5 Å². The molecule has 0 aromatic heterocycles. The lowest BCUT2D eigenvalue weighted by Crippen LogP contribution is -2.08. The summed E-state index contributed by atoms with van der Waals surface area (Å²) in [5.41, 5.74) is 5.23. The van der Waals surface area contributed by atoms with Crippen molar-refractivity contribution < 1.29 is 24.5 Å². The molecule has 0 fully saturated rings. The number of carbonyl (C=O) groups excluding carboxylic acids is 1. The zero-order valence-electron chi connectivity index (χ0n) is 19.5. The second-order valence-electron chi connectivity index (χ2n) is 8.25. The molecular weight excluding hydrogens is 416 g/mol. The lowest BCUT2D eigenvalue weighted by molar-refractivity contribution is -0.142. The zero-order valence-corrected chi connectivity index (χ0v) is 19.5. The van der Waals surface area contributed by atoms with E-state index >= 15 is 0 Å². The van der Waals surface area contributed by atoms with Crippen molar-refractivity contribution in [2.45, 2.75) is 46.5 Å². The molecule has 0 aliphatic heterocycles. The van der Waals surface area contributed by atoms with Crippen LogP contribution < -0.4 is 0 Å². The van der Waals surface area contributed by atoms with Crippen molar-refractivity contribution in [2.24, 2.45) is 0 Å². The summed E-state index contributed by atoms with van der Waals surface area (Å²) in [4.78, 5) is 22.9. The Bertz CT molecular complexity index is 1040. The van der Waals surface area contributed by atoms with Gasteiger partial charge in [-0.1, -0.05) is 48.1 Å². The summed E-state index contributed by atoms with van der Waals surface area (Å²) in [6.45, 7) is 6.04. The molecule has 5 nitrogen and oxygen atoms in total. The largest absolute Gasteiger partial charge is 0.507 e. The number of phenols is 1. The van der Waals surface area contributed by atoms with Gasteiger partial charge in [-0.25, -0.2) is 4.79 Å². The highest BCUT2D eigenvalue weighted by Crippen LogP contribution is 2.27. The standard InChI is InChI=1S/C28H32O5/c1-20(2)9-13-24-17-23(11-15-26(29)30)18-25(28(24)32)14-10-21(3)19-33-27(31)16-12-22-7-5-4-6-8-22/h4-11,15,17-18,32H,12-14,16,19H2,1-3H3,(H,29,30). The first-order chi connectivity index (χ1) is 15.7. The van der Waals surface area contributed by atoms with Gasteiger partial charge in [0.15, 0.2) is 0 Å². The molecule has 2 aromatic carbocycles. The second kappa shape index (κ2) is 13.1. The number of carboxylic acids is 1. The van der Waals surface area contributed by atoms with Crippen LogP contribution >= 0.6 is 0 Å². The molecule has 0 spiro atoms. The maximum absolute atomic E-state index is 12.0. The normalized spacial score (nSPS) is 11.4. The van der Waals surface area contributed by atoms with Crippen molar-refractivity contribution >= 4 is 18.0 Å². The van der Waals surface area contributed by atoms with Crippen LogP contribution in [-0.2, 0) is 33.6 Å². The first kappa shape index (κ1) is 25.7. The van der Waals surface area contributed by atoms with Gasteiger partial charge in [0.05, 0.1) is 0 Å². The van der Waals surface area contributed by atoms with Crippen LogP contribution in [0.25, 0.3) is 6.08 Å². The average Bonchev–Trinajstić information content (AvgIpc) is 2.79. The van der Waals surface area contributed by atoms with Gasteiger partial charge in [-0.2, -0.15) is 0 Å². The van der Waals surface area contributed by atoms with E-state index in [9.17, 15) is 14.7 Å². The number of allylic oxidation sites excluding steroid dienone is 3. The summed E-state index contributed by atoms with van der Waals surface area (Å²) in [6, 6.07) is 13.4. The highest BCUT2D eigenvalue weighted by atomic mass is 16.5. The van der Waals surface area contributed by atoms with Crippen molar-refractivity contribution in [3.8, 4) is 5.75 Å². The Hall–Kier alpha value is -3.60. The molecular formula is C28H32O5. The first-order valence-corrected chi connectivity index (χ1v) is 11.0. The van der Waals surface area contributed by atoms with Gasteiger partial charge in [0.2, 0.25) is 0 Å². The van der Waals surface area contributed by atoms with Gasteiger partial charge in [-0.05, 0) is 86.1 Å². The lowest BCUT2D eigenvalue weighted by Gasteiger charge is -2.11. The molecule has 0 heterocycles.